The van der Waals surface area contributed by atoms with Gasteiger partial charge < -0.3 is 14.2 Å². The van der Waals surface area contributed by atoms with Crippen molar-refractivity contribution in [3.63, 3.8) is 0 Å². The zero-order valence-corrected chi connectivity index (χ0v) is 18.9. The monoisotopic (exact) mass is 467 g/mol. The van der Waals surface area contributed by atoms with Crippen LogP contribution in [-0.2, 0) is 16.1 Å². The van der Waals surface area contributed by atoms with Crippen molar-refractivity contribution in [3.05, 3.63) is 98.7 Å². The van der Waals surface area contributed by atoms with Gasteiger partial charge in [0.1, 0.15) is 6.61 Å². The molecule has 1 aliphatic heterocycles. The summed E-state index contributed by atoms with van der Waals surface area (Å²) in [5.74, 6) is 0.581. The highest BCUT2D eigenvalue weighted by Crippen LogP contribution is 2.38. The van der Waals surface area contributed by atoms with E-state index in [2.05, 4.69) is 4.99 Å². The van der Waals surface area contributed by atoms with Gasteiger partial charge in [0.15, 0.2) is 17.2 Å². The predicted octanol–water partition coefficient (Wildman–Crippen LogP) is 6.23. The van der Waals surface area contributed by atoms with Crippen LogP contribution in [0, 0.1) is 6.92 Å². The molecule has 0 N–H and O–H groups in total. The molecule has 0 saturated carbocycles. The largest absolute Gasteiger partial charge is 0.493 e. The van der Waals surface area contributed by atoms with Gasteiger partial charge in [0.25, 0.3) is 0 Å². The topological polar surface area (TPSA) is 57.1 Å². The van der Waals surface area contributed by atoms with E-state index in [9.17, 15) is 4.79 Å². The first-order chi connectivity index (χ1) is 15.4. The Bertz CT molecular complexity index is 1220. The number of rotatable bonds is 6. The van der Waals surface area contributed by atoms with Crippen LogP contribution >= 0.6 is 23.2 Å². The van der Waals surface area contributed by atoms with Gasteiger partial charge in [-0.3, -0.25) is 0 Å². The molecule has 0 fully saturated rings. The predicted molar refractivity (Wildman–Crippen MR) is 126 cm³/mol. The van der Waals surface area contributed by atoms with Gasteiger partial charge in [-0.05, 0) is 60.5 Å². The first kappa shape index (κ1) is 21.9. The Morgan fingerprint density at radius 1 is 1.03 bits per heavy atom. The minimum absolute atomic E-state index is 0.175. The molecule has 162 valence electrons. The summed E-state index contributed by atoms with van der Waals surface area (Å²) in [6.07, 6.45) is 1.60. The van der Waals surface area contributed by atoms with Gasteiger partial charge in [-0.25, -0.2) is 9.79 Å². The Labute approximate surface area is 195 Å². The highest BCUT2D eigenvalue weighted by molar-refractivity contribution is 6.32. The molecule has 0 spiro atoms. The van der Waals surface area contributed by atoms with E-state index in [1.54, 1.807) is 30.3 Å². The second-order valence-corrected chi connectivity index (χ2v) is 7.99. The standard InChI is InChI=1S/C25H19Cl2NO4/c1-15-3-7-18(8-4-15)24-28-21(25(29)32-24)12-17-11-20(27)23(22(13-17)30-2)31-14-16-5-9-19(26)10-6-16/h3-13H,14H2,1-2H3/b21-12-. The molecule has 7 heteroatoms. The van der Waals surface area contributed by atoms with E-state index in [1.807, 2.05) is 43.3 Å². The summed E-state index contributed by atoms with van der Waals surface area (Å²) in [5.41, 5.74) is 3.58. The van der Waals surface area contributed by atoms with Crippen LogP contribution in [0.25, 0.3) is 6.08 Å². The molecule has 0 radical (unpaired) electrons. The molecule has 3 aromatic rings. The number of hydrogen-bond acceptors (Lipinski definition) is 5. The van der Waals surface area contributed by atoms with Crippen molar-refractivity contribution in [2.24, 2.45) is 4.99 Å². The highest BCUT2D eigenvalue weighted by atomic mass is 35.5. The van der Waals surface area contributed by atoms with Gasteiger partial charge >= 0.3 is 5.97 Å². The molecule has 32 heavy (non-hydrogen) atoms. The molecule has 0 bridgehead atoms. The molecule has 0 aliphatic carbocycles. The lowest BCUT2D eigenvalue weighted by molar-refractivity contribution is -0.129. The zero-order chi connectivity index (χ0) is 22.7. The minimum Gasteiger partial charge on any atom is -0.493 e. The number of methoxy groups -OCH3 is 1. The smallest absolute Gasteiger partial charge is 0.363 e. The third-order valence-corrected chi connectivity index (χ3v) is 5.30. The van der Waals surface area contributed by atoms with Crippen molar-refractivity contribution in [1.29, 1.82) is 0 Å². The van der Waals surface area contributed by atoms with Crippen LogP contribution in [0.3, 0.4) is 0 Å². The molecular weight excluding hydrogens is 449 g/mol. The number of aliphatic imine (C=N–C) groups is 1. The van der Waals surface area contributed by atoms with E-state index in [0.717, 1.165) is 16.7 Å². The van der Waals surface area contributed by atoms with E-state index in [4.69, 9.17) is 37.4 Å². The summed E-state index contributed by atoms with van der Waals surface area (Å²) in [6, 6.07) is 18.3. The van der Waals surface area contributed by atoms with Crippen LogP contribution < -0.4 is 9.47 Å². The van der Waals surface area contributed by atoms with Crippen LogP contribution in [0.1, 0.15) is 22.3 Å². The lowest BCUT2D eigenvalue weighted by Crippen LogP contribution is -2.05. The maximum absolute atomic E-state index is 12.3. The maximum Gasteiger partial charge on any atom is 0.363 e. The average Bonchev–Trinajstić information content (AvgIpc) is 3.14. The van der Waals surface area contributed by atoms with E-state index in [0.29, 0.717) is 33.7 Å². The molecule has 3 aromatic carbocycles. The van der Waals surface area contributed by atoms with E-state index >= 15 is 0 Å². The van der Waals surface area contributed by atoms with Gasteiger partial charge in [0.2, 0.25) is 5.90 Å². The van der Waals surface area contributed by atoms with Gasteiger partial charge in [-0.15, -0.1) is 0 Å². The number of aryl methyl sites for hydroxylation is 1. The molecule has 0 atom stereocenters. The molecular formula is C25H19Cl2NO4. The van der Waals surface area contributed by atoms with Crippen LogP contribution in [0.2, 0.25) is 10.0 Å². The lowest BCUT2D eigenvalue weighted by Gasteiger charge is -2.13. The molecule has 5 nitrogen and oxygen atoms in total. The number of esters is 1. The van der Waals surface area contributed by atoms with Crippen molar-refractivity contribution in [2.75, 3.05) is 7.11 Å². The quantitative estimate of drug-likeness (QED) is 0.318. The number of nitrogens with zero attached hydrogens (tertiary/aromatic N) is 1. The zero-order valence-electron chi connectivity index (χ0n) is 17.4. The van der Waals surface area contributed by atoms with E-state index in [-0.39, 0.29) is 11.6 Å². The summed E-state index contributed by atoms with van der Waals surface area (Å²) < 4.78 is 16.7. The first-order valence-electron chi connectivity index (χ1n) is 9.77. The molecule has 4 rings (SSSR count). The summed E-state index contributed by atoms with van der Waals surface area (Å²) in [4.78, 5) is 16.7. The fraction of sp³-hybridized carbons (Fsp3) is 0.120. The number of hydrogen-bond donors (Lipinski definition) is 0. The Morgan fingerprint density at radius 2 is 1.75 bits per heavy atom. The molecule has 1 heterocycles. The molecule has 0 unspecified atom stereocenters. The normalized spacial score (nSPS) is 14.3. The number of ether oxygens (including phenoxy) is 3. The third-order valence-electron chi connectivity index (χ3n) is 4.77. The Hall–Kier alpha value is -3.28. The van der Waals surface area contributed by atoms with Gasteiger partial charge in [-0.2, -0.15) is 0 Å². The van der Waals surface area contributed by atoms with Crippen LogP contribution in [-0.4, -0.2) is 19.0 Å². The Morgan fingerprint density at radius 3 is 2.44 bits per heavy atom. The van der Waals surface area contributed by atoms with Crippen LogP contribution in [0.5, 0.6) is 11.5 Å². The van der Waals surface area contributed by atoms with Crippen molar-refractivity contribution in [2.45, 2.75) is 13.5 Å². The second-order valence-electron chi connectivity index (χ2n) is 7.15. The summed E-state index contributed by atoms with van der Waals surface area (Å²) in [7, 11) is 1.52. The number of benzene rings is 3. The molecule has 0 amide bonds. The Kier molecular flexibility index (Phi) is 6.49. The summed E-state index contributed by atoms with van der Waals surface area (Å²) >= 11 is 12.4. The number of halogens is 2. The van der Waals surface area contributed by atoms with Crippen molar-refractivity contribution in [3.8, 4) is 11.5 Å². The van der Waals surface area contributed by atoms with E-state index in [1.165, 1.54) is 7.11 Å². The van der Waals surface area contributed by atoms with Gasteiger partial charge in [-0.1, -0.05) is 53.0 Å². The van der Waals surface area contributed by atoms with Crippen LogP contribution in [0.15, 0.2) is 71.4 Å². The maximum atomic E-state index is 12.3. The first-order valence-corrected chi connectivity index (χ1v) is 10.5. The van der Waals surface area contributed by atoms with Crippen molar-refractivity contribution < 1.29 is 19.0 Å². The van der Waals surface area contributed by atoms with E-state index < -0.39 is 5.97 Å². The number of carbonyl (C=O) groups is 1. The number of cyclic esters (lactones) is 1. The fourth-order valence-corrected chi connectivity index (χ4v) is 3.49. The number of carbonyl (C=O) groups excluding carboxylic acids is 1. The summed E-state index contributed by atoms with van der Waals surface area (Å²) in [5, 5.41) is 1.000. The molecule has 0 saturated heterocycles. The minimum atomic E-state index is -0.529. The van der Waals surface area contributed by atoms with Crippen molar-refractivity contribution >= 4 is 41.1 Å². The van der Waals surface area contributed by atoms with Crippen molar-refractivity contribution in [1.82, 2.24) is 0 Å². The summed E-state index contributed by atoms with van der Waals surface area (Å²) in [6.45, 7) is 2.28. The Balaban J connectivity index is 1.58. The lowest BCUT2D eigenvalue weighted by atomic mass is 10.1. The average molecular weight is 468 g/mol. The fourth-order valence-electron chi connectivity index (χ4n) is 3.09. The third kappa shape index (κ3) is 4.96. The second kappa shape index (κ2) is 9.47. The van der Waals surface area contributed by atoms with Crippen LogP contribution in [0.4, 0.5) is 0 Å². The highest BCUT2D eigenvalue weighted by Gasteiger charge is 2.24. The van der Waals surface area contributed by atoms with Gasteiger partial charge in [0.05, 0.1) is 12.1 Å². The molecule has 0 aromatic heterocycles. The van der Waals surface area contributed by atoms with Gasteiger partial charge in [0, 0.05) is 10.6 Å². The SMILES string of the molecule is COc1cc(/C=C2\N=C(c3ccc(C)cc3)OC2=O)cc(Cl)c1OCc1ccc(Cl)cc1. The molecule has 1 aliphatic rings.